The van der Waals surface area contributed by atoms with Gasteiger partial charge in [0, 0.05) is 23.0 Å². The Labute approximate surface area is 112 Å². The van der Waals surface area contributed by atoms with Crippen molar-refractivity contribution < 1.29 is 9.18 Å². The zero-order chi connectivity index (χ0) is 14.2. The number of aryl methyl sites for hydroxylation is 2. The highest BCUT2D eigenvalue weighted by atomic mass is 19.1. The topological polar surface area (TPSA) is 32.9 Å². The van der Waals surface area contributed by atoms with E-state index in [9.17, 15) is 9.18 Å². The number of Topliss-reactive ketones (excluding diaryl/α,β-unsaturated/α-hetero) is 1. The van der Waals surface area contributed by atoms with Gasteiger partial charge in [-0.1, -0.05) is 13.0 Å². The Balaban J connectivity index is 2.58. The van der Waals surface area contributed by atoms with Crippen LogP contribution in [0.2, 0.25) is 0 Å². The molecule has 0 aliphatic rings. The second-order valence-electron chi connectivity index (χ2n) is 4.85. The number of aromatic nitrogens is 1. The average Bonchev–Trinajstić information content (AvgIpc) is 2.71. The van der Waals surface area contributed by atoms with Gasteiger partial charge in [0.05, 0.1) is 0 Å². The third-order valence-electron chi connectivity index (χ3n) is 3.64. The van der Waals surface area contributed by atoms with Crippen molar-refractivity contribution in [1.29, 1.82) is 0 Å². The molecule has 0 unspecified atom stereocenters. The second kappa shape index (κ2) is 5.00. The van der Waals surface area contributed by atoms with Gasteiger partial charge in [0.1, 0.15) is 0 Å². The van der Waals surface area contributed by atoms with Crippen molar-refractivity contribution in [1.82, 2.24) is 4.98 Å². The Morgan fingerprint density at radius 3 is 2.63 bits per heavy atom. The van der Waals surface area contributed by atoms with E-state index >= 15 is 0 Å². The molecule has 3 heteroatoms. The first kappa shape index (κ1) is 13.5. The summed E-state index contributed by atoms with van der Waals surface area (Å²) in [6.45, 7) is 7.36. The summed E-state index contributed by atoms with van der Waals surface area (Å²) in [5.74, 6) is -1.08. The van der Waals surface area contributed by atoms with Gasteiger partial charge in [-0.05, 0) is 49.6 Å². The molecule has 1 aromatic heterocycles. The molecule has 0 aliphatic carbocycles. The van der Waals surface area contributed by atoms with Crippen LogP contribution in [-0.4, -0.2) is 10.8 Å². The van der Waals surface area contributed by atoms with Gasteiger partial charge in [-0.3, -0.25) is 4.79 Å². The minimum atomic E-state index is -0.633. The van der Waals surface area contributed by atoms with Crippen LogP contribution in [-0.2, 0) is 4.79 Å². The summed E-state index contributed by atoms with van der Waals surface area (Å²) < 4.78 is 13.9. The highest BCUT2D eigenvalue weighted by Crippen LogP contribution is 2.27. The molecule has 0 saturated carbocycles. The molecule has 0 aliphatic heterocycles. The van der Waals surface area contributed by atoms with E-state index in [4.69, 9.17) is 0 Å². The number of benzene rings is 1. The van der Waals surface area contributed by atoms with Gasteiger partial charge in [-0.25, -0.2) is 4.39 Å². The second-order valence-corrected chi connectivity index (χ2v) is 4.85. The molecular formula is C16H18FNO. The lowest BCUT2D eigenvalue weighted by Crippen LogP contribution is -1.98. The molecule has 1 heterocycles. The summed E-state index contributed by atoms with van der Waals surface area (Å²) in [4.78, 5) is 14.7. The van der Waals surface area contributed by atoms with Crippen LogP contribution in [0.15, 0.2) is 24.0 Å². The molecule has 100 valence electrons. The summed E-state index contributed by atoms with van der Waals surface area (Å²) >= 11 is 0. The number of hydrogen-bond acceptors (Lipinski definition) is 1. The summed E-state index contributed by atoms with van der Waals surface area (Å²) in [6, 6.07) is 5.71. The number of rotatable bonds is 3. The number of nitrogens with one attached hydrogen (secondary N) is 1. The van der Waals surface area contributed by atoms with Crippen molar-refractivity contribution in [3.63, 3.8) is 0 Å². The van der Waals surface area contributed by atoms with Crippen LogP contribution in [0.25, 0.3) is 16.5 Å². The van der Waals surface area contributed by atoms with E-state index in [-0.39, 0.29) is 6.42 Å². The number of hydrogen-bond donors (Lipinski definition) is 1. The smallest absolute Gasteiger partial charge is 0.191 e. The van der Waals surface area contributed by atoms with Crippen molar-refractivity contribution in [3.8, 4) is 0 Å². The number of allylic oxidation sites excluding steroid dienone is 2. The van der Waals surface area contributed by atoms with Gasteiger partial charge in [-0.15, -0.1) is 0 Å². The molecule has 2 rings (SSSR count). The third-order valence-corrected chi connectivity index (χ3v) is 3.64. The normalized spacial score (nSPS) is 12.7. The summed E-state index contributed by atoms with van der Waals surface area (Å²) in [5.41, 5.74) is 4.47. The lowest BCUT2D eigenvalue weighted by molar-refractivity contribution is -0.116. The van der Waals surface area contributed by atoms with E-state index in [1.165, 1.54) is 0 Å². The third kappa shape index (κ3) is 2.33. The van der Waals surface area contributed by atoms with E-state index < -0.39 is 11.6 Å². The first-order valence-electron chi connectivity index (χ1n) is 6.44. The molecule has 0 atom stereocenters. The van der Waals surface area contributed by atoms with Crippen LogP contribution >= 0.6 is 0 Å². The van der Waals surface area contributed by atoms with E-state index in [0.29, 0.717) is 5.57 Å². The SMILES string of the molecule is CCC(=O)/C(F)=C(/C)c1ccc2[nH]c(C)c(C)c2c1. The lowest BCUT2D eigenvalue weighted by Gasteiger charge is -2.04. The molecular weight excluding hydrogens is 241 g/mol. The maximum atomic E-state index is 13.9. The van der Waals surface area contributed by atoms with Crippen LogP contribution in [0.1, 0.15) is 37.1 Å². The van der Waals surface area contributed by atoms with Crippen LogP contribution in [0, 0.1) is 13.8 Å². The molecule has 0 spiro atoms. The molecule has 0 amide bonds. The van der Waals surface area contributed by atoms with Crippen molar-refractivity contribution in [2.75, 3.05) is 0 Å². The maximum Gasteiger partial charge on any atom is 0.191 e. The number of halogens is 1. The molecule has 2 nitrogen and oxygen atoms in total. The number of H-pyrrole nitrogens is 1. The van der Waals surface area contributed by atoms with Crippen LogP contribution < -0.4 is 0 Å². The van der Waals surface area contributed by atoms with Gasteiger partial charge in [0.15, 0.2) is 11.6 Å². The molecule has 0 bridgehead atoms. The molecule has 1 N–H and O–H groups in total. The highest BCUT2D eigenvalue weighted by molar-refractivity contribution is 6.00. The minimum Gasteiger partial charge on any atom is -0.358 e. The summed E-state index contributed by atoms with van der Waals surface area (Å²) in [5, 5.41) is 1.08. The predicted octanol–water partition coefficient (Wildman–Crippen LogP) is 4.46. The molecule has 0 radical (unpaired) electrons. The predicted molar refractivity (Wildman–Crippen MR) is 76.8 cm³/mol. The zero-order valence-electron chi connectivity index (χ0n) is 11.7. The van der Waals surface area contributed by atoms with Crippen molar-refractivity contribution >= 4 is 22.3 Å². The van der Waals surface area contributed by atoms with Crippen LogP contribution in [0.4, 0.5) is 4.39 Å². The molecule has 0 saturated heterocycles. The highest BCUT2D eigenvalue weighted by Gasteiger charge is 2.13. The number of carbonyl (C=O) groups is 1. The van der Waals surface area contributed by atoms with Gasteiger partial charge < -0.3 is 4.98 Å². The summed E-state index contributed by atoms with van der Waals surface area (Å²) in [7, 11) is 0. The van der Waals surface area contributed by atoms with Gasteiger partial charge in [0.2, 0.25) is 0 Å². The molecule has 1 aromatic carbocycles. The molecule has 2 aromatic rings. The number of carbonyl (C=O) groups excluding carboxylic acids is 1. The number of fused-ring (bicyclic) bond motifs is 1. The standard InChI is InChI=1S/C16H18FNO/c1-5-15(19)16(17)10(3)12-6-7-14-13(8-12)9(2)11(4)18-14/h6-8,18H,5H2,1-4H3/b16-10+. The van der Waals surface area contributed by atoms with E-state index in [0.717, 1.165) is 27.7 Å². The maximum absolute atomic E-state index is 13.9. The minimum absolute atomic E-state index is 0.188. The van der Waals surface area contributed by atoms with E-state index in [1.807, 2.05) is 32.0 Å². The van der Waals surface area contributed by atoms with Gasteiger partial charge in [-0.2, -0.15) is 0 Å². The first-order valence-corrected chi connectivity index (χ1v) is 6.44. The lowest BCUT2D eigenvalue weighted by atomic mass is 10.0. The Hall–Kier alpha value is -1.90. The van der Waals surface area contributed by atoms with E-state index in [2.05, 4.69) is 4.98 Å². The Kier molecular flexibility index (Phi) is 3.56. The quantitative estimate of drug-likeness (QED) is 0.811. The fraction of sp³-hybridized carbons (Fsp3) is 0.312. The van der Waals surface area contributed by atoms with Crippen LogP contribution in [0.3, 0.4) is 0 Å². The first-order chi connectivity index (χ1) is 8.95. The van der Waals surface area contributed by atoms with E-state index in [1.54, 1.807) is 13.8 Å². The number of aromatic amines is 1. The fourth-order valence-corrected chi connectivity index (χ4v) is 2.19. The van der Waals surface area contributed by atoms with Crippen molar-refractivity contribution in [3.05, 3.63) is 40.8 Å². The Bertz CT molecular complexity index is 679. The Morgan fingerprint density at radius 1 is 1.32 bits per heavy atom. The average molecular weight is 259 g/mol. The molecule has 19 heavy (non-hydrogen) atoms. The monoisotopic (exact) mass is 259 g/mol. The number of ketones is 1. The van der Waals surface area contributed by atoms with Crippen LogP contribution in [0.5, 0.6) is 0 Å². The van der Waals surface area contributed by atoms with Crippen molar-refractivity contribution in [2.45, 2.75) is 34.1 Å². The Morgan fingerprint density at radius 2 is 2.00 bits per heavy atom. The fourth-order valence-electron chi connectivity index (χ4n) is 2.19. The van der Waals surface area contributed by atoms with Crippen molar-refractivity contribution in [2.24, 2.45) is 0 Å². The zero-order valence-corrected chi connectivity index (χ0v) is 11.7. The van der Waals surface area contributed by atoms with Gasteiger partial charge >= 0.3 is 0 Å². The van der Waals surface area contributed by atoms with Gasteiger partial charge in [0.25, 0.3) is 0 Å². The molecule has 0 fully saturated rings. The largest absolute Gasteiger partial charge is 0.358 e. The summed E-state index contributed by atoms with van der Waals surface area (Å²) in [6.07, 6.45) is 0.188.